The Balaban J connectivity index is 1.26. The Labute approximate surface area is 177 Å². The molecular formula is C24H17N3O2S. The van der Waals surface area contributed by atoms with Gasteiger partial charge in [0.1, 0.15) is 0 Å². The number of carbonyl (C=O) groups is 1. The van der Waals surface area contributed by atoms with E-state index in [2.05, 4.69) is 15.5 Å². The van der Waals surface area contributed by atoms with Crippen molar-refractivity contribution in [1.29, 1.82) is 0 Å². The SMILES string of the molecule is O=C(CSc1nnc(-c2cccc3ccccc23)o1)Nc1ccc2ccccc2c1. The molecule has 4 aromatic carbocycles. The van der Waals surface area contributed by atoms with Crippen LogP contribution in [0, 0.1) is 0 Å². The maximum absolute atomic E-state index is 12.4. The third-order valence-corrected chi connectivity index (χ3v) is 5.60. The zero-order valence-electron chi connectivity index (χ0n) is 15.9. The molecule has 0 fully saturated rings. The van der Waals surface area contributed by atoms with Gasteiger partial charge in [0.05, 0.1) is 5.75 Å². The van der Waals surface area contributed by atoms with Gasteiger partial charge >= 0.3 is 0 Å². The number of thioether (sulfide) groups is 1. The van der Waals surface area contributed by atoms with Crippen molar-refractivity contribution >= 4 is 44.9 Å². The van der Waals surface area contributed by atoms with Crippen LogP contribution in [0.2, 0.25) is 0 Å². The largest absolute Gasteiger partial charge is 0.411 e. The summed E-state index contributed by atoms with van der Waals surface area (Å²) in [4.78, 5) is 12.4. The fourth-order valence-electron chi connectivity index (χ4n) is 3.38. The molecular weight excluding hydrogens is 394 g/mol. The van der Waals surface area contributed by atoms with Crippen LogP contribution in [0.5, 0.6) is 0 Å². The zero-order valence-corrected chi connectivity index (χ0v) is 16.7. The number of anilines is 1. The van der Waals surface area contributed by atoms with Gasteiger partial charge in [0, 0.05) is 11.3 Å². The lowest BCUT2D eigenvalue weighted by Gasteiger charge is -2.05. The summed E-state index contributed by atoms with van der Waals surface area (Å²) >= 11 is 1.22. The average molecular weight is 411 g/mol. The fraction of sp³-hybridized carbons (Fsp3) is 0.0417. The maximum Gasteiger partial charge on any atom is 0.277 e. The predicted molar refractivity (Wildman–Crippen MR) is 121 cm³/mol. The topological polar surface area (TPSA) is 68.0 Å². The van der Waals surface area contributed by atoms with Crippen LogP contribution in [0.15, 0.2) is 94.6 Å². The quantitative estimate of drug-likeness (QED) is 0.372. The van der Waals surface area contributed by atoms with E-state index in [0.717, 1.165) is 32.8 Å². The van der Waals surface area contributed by atoms with Crippen LogP contribution in [0.1, 0.15) is 0 Å². The second-order valence-electron chi connectivity index (χ2n) is 6.80. The summed E-state index contributed by atoms with van der Waals surface area (Å²) < 4.78 is 5.80. The summed E-state index contributed by atoms with van der Waals surface area (Å²) in [6.07, 6.45) is 0. The molecule has 6 heteroatoms. The first-order valence-electron chi connectivity index (χ1n) is 9.49. The number of hydrogen-bond donors (Lipinski definition) is 1. The Kier molecular flexibility index (Phi) is 4.91. The van der Waals surface area contributed by atoms with Crippen LogP contribution in [0.3, 0.4) is 0 Å². The molecule has 0 spiro atoms. The molecule has 0 saturated carbocycles. The second-order valence-corrected chi connectivity index (χ2v) is 7.73. The molecule has 0 bridgehead atoms. The summed E-state index contributed by atoms with van der Waals surface area (Å²) in [6.45, 7) is 0. The van der Waals surface area contributed by atoms with E-state index < -0.39 is 0 Å². The number of nitrogens with one attached hydrogen (secondary N) is 1. The lowest BCUT2D eigenvalue weighted by molar-refractivity contribution is -0.113. The van der Waals surface area contributed by atoms with Gasteiger partial charge in [-0.2, -0.15) is 0 Å². The molecule has 0 aliphatic rings. The maximum atomic E-state index is 12.4. The van der Waals surface area contributed by atoms with Gasteiger partial charge in [0.2, 0.25) is 11.8 Å². The predicted octanol–water partition coefficient (Wildman–Crippen LogP) is 5.77. The third-order valence-electron chi connectivity index (χ3n) is 4.79. The van der Waals surface area contributed by atoms with Gasteiger partial charge in [-0.05, 0) is 39.7 Å². The van der Waals surface area contributed by atoms with Gasteiger partial charge in [-0.25, -0.2) is 0 Å². The molecule has 30 heavy (non-hydrogen) atoms. The molecule has 0 aliphatic carbocycles. The molecule has 1 amide bonds. The third kappa shape index (κ3) is 3.77. The Hall–Kier alpha value is -3.64. The summed E-state index contributed by atoms with van der Waals surface area (Å²) in [5.41, 5.74) is 1.65. The first-order valence-corrected chi connectivity index (χ1v) is 10.5. The normalized spacial score (nSPS) is 11.1. The molecule has 0 atom stereocenters. The molecule has 5 aromatic rings. The van der Waals surface area contributed by atoms with Crippen LogP contribution in [0.25, 0.3) is 33.0 Å². The minimum absolute atomic E-state index is 0.125. The minimum Gasteiger partial charge on any atom is -0.411 e. The first-order chi connectivity index (χ1) is 14.8. The van der Waals surface area contributed by atoms with Crippen LogP contribution in [0.4, 0.5) is 5.69 Å². The lowest BCUT2D eigenvalue weighted by atomic mass is 10.0. The molecule has 5 rings (SSSR count). The number of fused-ring (bicyclic) bond motifs is 2. The van der Waals surface area contributed by atoms with Gasteiger partial charge in [-0.15, -0.1) is 10.2 Å². The number of carbonyl (C=O) groups excluding carboxylic acids is 1. The molecule has 0 saturated heterocycles. The van der Waals surface area contributed by atoms with Crippen LogP contribution >= 0.6 is 11.8 Å². The van der Waals surface area contributed by atoms with Crippen molar-refractivity contribution in [2.75, 3.05) is 11.1 Å². The van der Waals surface area contributed by atoms with E-state index in [9.17, 15) is 4.79 Å². The fourth-order valence-corrected chi connectivity index (χ4v) is 3.94. The Morgan fingerprint density at radius 3 is 2.50 bits per heavy atom. The van der Waals surface area contributed by atoms with Gasteiger partial charge in [0.15, 0.2) is 0 Å². The van der Waals surface area contributed by atoms with E-state index in [-0.39, 0.29) is 11.7 Å². The Morgan fingerprint density at radius 1 is 0.833 bits per heavy atom. The lowest BCUT2D eigenvalue weighted by Crippen LogP contribution is -2.13. The zero-order chi connectivity index (χ0) is 20.3. The van der Waals surface area contributed by atoms with Crippen LogP contribution < -0.4 is 5.32 Å². The number of nitrogens with zero attached hydrogens (tertiary/aromatic N) is 2. The second kappa shape index (κ2) is 8.00. The summed E-state index contributed by atoms with van der Waals surface area (Å²) in [7, 11) is 0. The summed E-state index contributed by atoms with van der Waals surface area (Å²) in [5, 5.41) is 15.9. The Morgan fingerprint density at radius 2 is 1.60 bits per heavy atom. The molecule has 1 N–H and O–H groups in total. The molecule has 0 unspecified atom stereocenters. The monoisotopic (exact) mass is 411 g/mol. The van der Waals surface area contributed by atoms with Gasteiger partial charge in [-0.1, -0.05) is 78.5 Å². The Bertz CT molecular complexity index is 1360. The van der Waals surface area contributed by atoms with E-state index in [1.54, 1.807) is 0 Å². The number of benzene rings is 4. The van der Waals surface area contributed by atoms with E-state index in [4.69, 9.17) is 4.42 Å². The highest BCUT2D eigenvalue weighted by Gasteiger charge is 2.13. The molecule has 1 aromatic heterocycles. The number of rotatable bonds is 5. The number of hydrogen-bond acceptors (Lipinski definition) is 5. The highest BCUT2D eigenvalue weighted by Crippen LogP contribution is 2.29. The molecule has 146 valence electrons. The van der Waals surface area contributed by atoms with Crippen molar-refractivity contribution in [2.45, 2.75) is 5.22 Å². The van der Waals surface area contributed by atoms with E-state index >= 15 is 0 Å². The van der Waals surface area contributed by atoms with E-state index in [1.165, 1.54) is 11.8 Å². The molecule has 0 aliphatic heterocycles. The van der Waals surface area contributed by atoms with Gasteiger partial charge < -0.3 is 9.73 Å². The molecule has 1 heterocycles. The van der Waals surface area contributed by atoms with Crippen molar-refractivity contribution in [3.63, 3.8) is 0 Å². The number of amides is 1. The van der Waals surface area contributed by atoms with Crippen LogP contribution in [-0.2, 0) is 4.79 Å². The highest BCUT2D eigenvalue weighted by molar-refractivity contribution is 7.99. The summed E-state index contributed by atoms with van der Waals surface area (Å²) in [5.74, 6) is 0.508. The standard InChI is InChI=1S/C24H17N3O2S/c28-22(25-19-13-12-16-6-1-2-8-18(16)14-19)15-30-24-27-26-23(29-24)21-11-5-9-17-7-3-4-10-20(17)21/h1-14H,15H2,(H,25,28). The smallest absolute Gasteiger partial charge is 0.277 e. The van der Waals surface area contributed by atoms with Crippen molar-refractivity contribution < 1.29 is 9.21 Å². The molecule has 5 nitrogen and oxygen atoms in total. The van der Waals surface area contributed by atoms with E-state index in [0.29, 0.717) is 11.1 Å². The average Bonchev–Trinajstić information content (AvgIpc) is 3.26. The van der Waals surface area contributed by atoms with Crippen molar-refractivity contribution in [2.24, 2.45) is 0 Å². The summed E-state index contributed by atoms with van der Waals surface area (Å²) in [6, 6.07) is 27.9. The highest BCUT2D eigenvalue weighted by atomic mass is 32.2. The van der Waals surface area contributed by atoms with Crippen molar-refractivity contribution in [1.82, 2.24) is 10.2 Å². The van der Waals surface area contributed by atoms with Crippen molar-refractivity contribution in [3.05, 3.63) is 84.9 Å². The van der Waals surface area contributed by atoms with Gasteiger partial charge in [0.25, 0.3) is 5.22 Å². The number of aromatic nitrogens is 2. The van der Waals surface area contributed by atoms with Crippen LogP contribution in [-0.4, -0.2) is 21.9 Å². The first kappa shape index (κ1) is 18.4. The minimum atomic E-state index is -0.125. The van der Waals surface area contributed by atoms with Crippen molar-refractivity contribution in [3.8, 4) is 11.5 Å². The van der Waals surface area contributed by atoms with E-state index in [1.807, 2.05) is 84.9 Å². The van der Waals surface area contributed by atoms with Gasteiger partial charge in [-0.3, -0.25) is 4.79 Å². The molecule has 0 radical (unpaired) electrons.